The minimum atomic E-state index is 0.153. The normalized spacial score (nSPS) is 24.1. The molecule has 3 nitrogen and oxygen atoms in total. The molecular formula is C15H18N2O. The zero-order valence-corrected chi connectivity index (χ0v) is 10.4. The molecule has 3 heteroatoms. The number of hydrogen-bond donors (Lipinski definition) is 1. The van der Waals surface area contributed by atoms with Gasteiger partial charge < -0.3 is 10.5 Å². The molecule has 0 spiro atoms. The number of aromatic nitrogens is 1. The second-order valence-corrected chi connectivity index (χ2v) is 4.96. The van der Waals surface area contributed by atoms with Gasteiger partial charge in [0, 0.05) is 23.7 Å². The Morgan fingerprint density at radius 1 is 1.17 bits per heavy atom. The maximum Gasteiger partial charge on any atom is 0.122 e. The lowest BCUT2D eigenvalue weighted by Crippen LogP contribution is -2.41. The van der Waals surface area contributed by atoms with Crippen molar-refractivity contribution in [1.29, 1.82) is 0 Å². The predicted octanol–water partition coefficient (Wildman–Crippen LogP) is 2.88. The summed E-state index contributed by atoms with van der Waals surface area (Å²) in [6.45, 7) is 0. The van der Waals surface area contributed by atoms with E-state index in [9.17, 15) is 0 Å². The summed E-state index contributed by atoms with van der Waals surface area (Å²) in [6.07, 6.45) is 6.51. The molecule has 1 fully saturated rings. The molecular weight excluding hydrogens is 224 g/mol. The zero-order chi connectivity index (χ0) is 12.4. The molecule has 2 aromatic rings. The standard InChI is InChI=1S/C15H18N2O/c16-13-5-1-2-6-15(13)18-12-8-7-11-4-3-9-17-14(11)10-12/h3-4,7-10,13,15H,1-2,5-6,16H2. The molecule has 0 amide bonds. The Hall–Kier alpha value is -1.61. The summed E-state index contributed by atoms with van der Waals surface area (Å²) >= 11 is 0. The average Bonchev–Trinajstić information content (AvgIpc) is 2.41. The number of nitrogens with two attached hydrogens (primary N) is 1. The predicted molar refractivity (Wildman–Crippen MR) is 72.6 cm³/mol. The maximum atomic E-state index is 6.10. The molecule has 2 unspecified atom stereocenters. The van der Waals surface area contributed by atoms with Crippen molar-refractivity contribution < 1.29 is 4.74 Å². The molecule has 0 saturated heterocycles. The van der Waals surface area contributed by atoms with Crippen LogP contribution >= 0.6 is 0 Å². The Balaban J connectivity index is 1.81. The van der Waals surface area contributed by atoms with E-state index in [1.54, 1.807) is 6.20 Å². The Labute approximate surface area is 107 Å². The number of pyridine rings is 1. The quantitative estimate of drug-likeness (QED) is 0.880. The first-order valence-electron chi connectivity index (χ1n) is 6.60. The van der Waals surface area contributed by atoms with E-state index >= 15 is 0 Å². The third kappa shape index (κ3) is 2.31. The second kappa shape index (κ2) is 4.94. The third-order valence-corrected chi connectivity index (χ3v) is 3.62. The van der Waals surface area contributed by atoms with Crippen LogP contribution in [-0.2, 0) is 0 Å². The Morgan fingerprint density at radius 2 is 2.06 bits per heavy atom. The fourth-order valence-corrected chi connectivity index (χ4v) is 2.57. The Kier molecular flexibility index (Phi) is 3.15. The monoisotopic (exact) mass is 242 g/mol. The summed E-state index contributed by atoms with van der Waals surface area (Å²) < 4.78 is 6.01. The number of ether oxygens (including phenoxy) is 1. The molecule has 1 aliphatic carbocycles. The molecule has 18 heavy (non-hydrogen) atoms. The number of nitrogens with zero attached hydrogens (tertiary/aromatic N) is 1. The van der Waals surface area contributed by atoms with Crippen molar-refractivity contribution in [1.82, 2.24) is 4.98 Å². The van der Waals surface area contributed by atoms with E-state index in [0.29, 0.717) is 0 Å². The highest BCUT2D eigenvalue weighted by atomic mass is 16.5. The molecule has 1 aliphatic rings. The van der Waals surface area contributed by atoms with Crippen LogP contribution in [0.4, 0.5) is 0 Å². The zero-order valence-electron chi connectivity index (χ0n) is 10.4. The van der Waals surface area contributed by atoms with Crippen LogP contribution < -0.4 is 10.5 Å². The largest absolute Gasteiger partial charge is 0.489 e. The van der Waals surface area contributed by atoms with Crippen LogP contribution in [0.5, 0.6) is 5.75 Å². The van der Waals surface area contributed by atoms with Crippen molar-refractivity contribution in [2.75, 3.05) is 0 Å². The highest BCUT2D eigenvalue weighted by Crippen LogP contribution is 2.25. The van der Waals surface area contributed by atoms with Crippen LogP contribution in [0.3, 0.4) is 0 Å². The van der Waals surface area contributed by atoms with Gasteiger partial charge in [-0.25, -0.2) is 0 Å². The second-order valence-electron chi connectivity index (χ2n) is 4.96. The van der Waals surface area contributed by atoms with Gasteiger partial charge in [-0.3, -0.25) is 4.98 Å². The van der Waals surface area contributed by atoms with E-state index in [4.69, 9.17) is 10.5 Å². The van der Waals surface area contributed by atoms with Gasteiger partial charge in [0.1, 0.15) is 11.9 Å². The van der Waals surface area contributed by atoms with E-state index in [0.717, 1.165) is 29.5 Å². The molecule has 1 saturated carbocycles. The van der Waals surface area contributed by atoms with Crippen molar-refractivity contribution in [2.45, 2.75) is 37.8 Å². The molecule has 3 rings (SSSR count). The van der Waals surface area contributed by atoms with E-state index in [1.807, 2.05) is 24.3 Å². The third-order valence-electron chi connectivity index (χ3n) is 3.62. The summed E-state index contributed by atoms with van der Waals surface area (Å²) in [5.74, 6) is 0.878. The highest BCUT2D eigenvalue weighted by Gasteiger charge is 2.23. The van der Waals surface area contributed by atoms with Gasteiger partial charge in [0.05, 0.1) is 5.52 Å². The molecule has 2 N–H and O–H groups in total. The molecule has 1 aromatic heterocycles. The van der Waals surface area contributed by atoms with Crippen molar-refractivity contribution in [3.05, 3.63) is 36.5 Å². The van der Waals surface area contributed by atoms with Crippen LogP contribution in [-0.4, -0.2) is 17.1 Å². The fraction of sp³-hybridized carbons (Fsp3) is 0.400. The van der Waals surface area contributed by atoms with Crippen molar-refractivity contribution >= 4 is 10.9 Å². The summed E-state index contributed by atoms with van der Waals surface area (Å²) in [5, 5.41) is 1.14. The lowest BCUT2D eigenvalue weighted by molar-refractivity contribution is 0.132. The first-order valence-corrected chi connectivity index (χ1v) is 6.60. The van der Waals surface area contributed by atoms with Gasteiger partial charge in [-0.1, -0.05) is 12.5 Å². The smallest absolute Gasteiger partial charge is 0.122 e. The minimum absolute atomic E-state index is 0.153. The van der Waals surface area contributed by atoms with Crippen molar-refractivity contribution in [2.24, 2.45) is 5.73 Å². The molecule has 0 bridgehead atoms. The lowest BCUT2D eigenvalue weighted by Gasteiger charge is -2.29. The van der Waals surface area contributed by atoms with E-state index in [2.05, 4.69) is 11.1 Å². The van der Waals surface area contributed by atoms with Gasteiger partial charge in [0.25, 0.3) is 0 Å². The van der Waals surface area contributed by atoms with Crippen LogP contribution in [0.2, 0.25) is 0 Å². The summed E-state index contributed by atoms with van der Waals surface area (Å²) in [5.41, 5.74) is 7.07. The van der Waals surface area contributed by atoms with E-state index in [1.165, 1.54) is 12.8 Å². The Bertz CT molecular complexity index is 541. The molecule has 1 heterocycles. The van der Waals surface area contributed by atoms with Crippen LogP contribution in [0, 0.1) is 0 Å². The van der Waals surface area contributed by atoms with Gasteiger partial charge in [-0.2, -0.15) is 0 Å². The summed E-state index contributed by atoms with van der Waals surface area (Å²) in [6, 6.07) is 10.2. The highest BCUT2D eigenvalue weighted by molar-refractivity contribution is 5.79. The molecule has 1 aromatic carbocycles. The molecule has 94 valence electrons. The number of fused-ring (bicyclic) bond motifs is 1. The van der Waals surface area contributed by atoms with Crippen LogP contribution in [0.25, 0.3) is 10.9 Å². The van der Waals surface area contributed by atoms with Gasteiger partial charge in [-0.15, -0.1) is 0 Å². The number of rotatable bonds is 2. The van der Waals surface area contributed by atoms with Crippen LogP contribution in [0.1, 0.15) is 25.7 Å². The van der Waals surface area contributed by atoms with Gasteiger partial charge >= 0.3 is 0 Å². The van der Waals surface area contributed by atoms with Crippen molar-refractivity contribution in [3.63, 3.8) is 0 Å². The number of benzene rings is 1. The Morgan fingerprint density at radius 3 is 2.94 bits per heavy atom. The van der Waals surface area contributed by atoms with E-state index < -0.39 is 0 Å². The minimum Gasteiger partial charge on any atom is -0.489 e. The first kappa shape index (κ1) is 11.5. The maximum absolute atomic E-state index is 6.10. The molecule has 0 aliphatic heterocycles. The van der Waals surface area contributed by atoms with E-state index in [-0.39, 0.29) is 12.1 Å². The van der Waals surface area contributed by atoms with Crippen molar-refractivity contribution in [3.8, 4) is 5.75 Å². The number of hydrogen-bond acceptors (Lipinski definition) is 3. The van der Waals surface area contributed by atoms with Crippen LogP contribution in [0.15, 0.2) is 36.5 Å². The SMILES string of the molecule is NC1CCCCC1Oc1ccc2cccnc2c1. The van der Waals surface area contributed by atoms with Gasteiger partial charge in [0.15, 0.2) is 0 Å². The average molecular weight is 242 g/mol. The fourth-order valence-electron chi connectivity index (χ4n) is 2.57. The van der Waals surface area contributed by atoms with Gasteiger partial charge in [-0.05, 0) is 37.5 Å². The first-order chi connectivity index (χ1) is 8.83. The lowest BCUT2D eigenvalue weighted by atomic mass is 9.93. The molecule has 2 atom stereocenters. The van der Waals surface area contributed by atoms with Gasteiger partial charge in [0.2, 0.25) is 0 Å². The molecule has 0 radical (unpaired) electrons. The topological polar surface area (TPSA) is 48.1 Å². The summed E-state index contributed by atoms with van der Waals surface area (Å²) in [4.78, 5) is 4.34. The summed E-state index contributed by atoms with van der Waals surface area (Å²) in [7, 11) is 0.